The van der Waals surface area contributed by atoms with Crippen molar-refractivity contribution < 1.29 is 19.1 Å². The fourth-order valence-electron chi connectivity index (χ4n) is 3.93. The molecule has 3 aromatic carbocycles. The number of carbonyl (C=O) groups excluding carboxylic acids is 3. The summed E-state index contributed by atoms with van der Waals surface area (Å²) < 4.78 is 5.71. The monoisotopic (exact) mass is 570 g/mol. The number of aryl methyl sites for hydroxylation is 1. The van der Waals surface area contributed by atoms with Crippen LogP contribution in [-0.2, 0) is 11.3 Å². The zero-order chi connectivity index (χ0) is 28.8. The number of anilines is 3. The lowest BCUT2D eigenvalue weighted by Crippen LogP contribution is -2.26. The minimum absolute atomic E-state index is 0.115. The summed E-state index contributed by atoms with van der Waals surface area (Å²) in [5, 5.41) is 12.5. The molecular weight excluding hydrogens is 540 g/mol. The van der Waals surface area contributed by atoms with Crippen molar-refractivity contribution in [3.8, 4) is 16.3 Å². The molecule has 0 radical (unpaired) electrons. The number of benzene rings is 3. The van der Waals surface area contributed by atoms with E-state index in [-0.39, 0.29) is 29.5 Å². The molecule has 1 aliphatic rings. The van der Waals surface area contributed by atoms with Gasteiger partial charge in [0.1, 0.15) is 5.69 Å². The Labute approximate surface area is 241 Å². The Balaban J connectivity index is 1.38. The fraction of sp³-hybridized carbons (Fsp3) is 0.200. The molecule has 10 nitrogen and oxygen atoms in total. The zero-order valence-electron chi connectivity index (χ0n) is 22.4. The number of carbonyl (C=O) groups is 3. The molecule has 5 rings (SSSR count). The van der Waals surface area contributed by atoms with Crippen molar-refractivity contribution >= 4 is 45.8 Å². The normalized spacial score (nSPS) is 12.3. The first-order valence-electron chi connectivity index (χ1n) is 13.2. The number of ether oxygens (including phenoxy) is 1. The number of nitrogens with two attached hydrogens (primary N) is 1. The van der Waals surface area contributed by atoms with Crippen molar-refractivity contribution in [1.29, 1.82) is 0 Å². The van der Waals surface area contributed by atoms with Gasteiger partial charge in [-0.15, -0.1) is 0 Å². The summed E-state index contributed by atoms with van der Waals surface area (Å²) in [5.41, 5.74) is 10.2. The van der Waals surface area contributed by atoms with Gasteiger partial charge in [0, 0.05) is 35.1 Å². The highest BCUT2D eigenvalue weighted by Gasteiger charge is 2.24. The molecule has 1 fully saturated rings. The molecule has 3 amide bonds. The van der Waals surface area contributed by atoms with Gasteiger partial charge in [-0.1, -0.05) is 59.9 Å². The summed E-state index contributed by atoms with van der Waals surface area (Å²) in [7, 11) is 0. The van der Waals surface area contributed by atoms with Crippen LogP contribution in [0.4, 0.5) is 21.3 Å². The molecule has 1 saturated carbocycles. The van der Waals surface area contributed by atoms with Gasteiger partial charge in [0.2, 0.25) is 11.0 Å². The third kappa shape index (κ3) is 7.47. The predicted octanol–water partition coefficient (Wildman–Crippen LogP) is 4.94. The highest BCUT2D eigenvalue weighted by atomic mass is 32.1. The van der Waals surface area contributed by atoms with E-state index in [0.29, 0.717) is 39.9 Å². The maximum absolute atomic E-state index is 12.7. The number of rotatable bonds is 10. The van der Waals surface area contributed by atoms with Gasteiger partial charge in [0.15, 0.2) is 5.13 Å². The van der Waals surface area contributed by atoms with Gasteiger partial charge >= 0.3 is 6.09 Å². The lowest BCUT2D eigenvalue weighted by molar-refractivity contribution is -0.114. The fourth-order valence-corrected chi connectivity index (χ4v) is 4.79. The maximum Gasteiger partial charge on any atom is 0.413 e. The Morgan fingerprint density at radius 2 is 1.78 bits per heavy atom. The number of nitrogens with zero attached hydrogens (tertiary/aromatic N) is 1. The quantitative estimate of drug-likeness (QED) is 0.181. The van der Waals surface area contributed by atoms with Crippen LogP contribution in [0, 0.1) is 6.92 Å². The van der Waals surface area contributed by atoms with Crippen molar-refractivity contribution in [2.75, 3.05) is 17.2 Å². The molecule has 210 valence electrons. The second-order valence-corrected chi connectivity index (χ2v) is 10.6. The van der Waals surface area contributed by atoms with Crippen molar-refractivity contribution in [3.05, 3.63) is 89.5 Å². The van der Waals surface area contributed by atoms with Crippen LogP contribution in [0.1, 0.15) is 34.3 Å². The van der Waals surface area contributed by atoms with E-state index in [4.69, 9.17) is 15.5 Å². The molecule has 0 unspecified atom stereocenters. The summed E-state index contributed by atoms with van der Waals surface area (Å²) in [6, 6.07) is 22.2. The third-order valence-corrected chi connectivity index (χ3v) is 7.19. The van der Waals surface area contributed by atoms with E-state index in [2.05, 4.69) is 21.3 Å². The summed E-state index contributed by atoms with van der Waals surface area (Å²) in [6.07, 6.45) is 1.39. The van der Waals surface area contributed by atoms with E-state index >= 15 is 0 Å². The maximum atomic E-state index is 12.7. The van der Waals surface area contributed by atoms with Crippen molar-refractivity contribution in [1.82, 2.24) is 15.6 Å². The minimum atomic E-state index is -0.618. The second-order valence-electron chi connectivity index (χ2n) is 9.62. The Morgan fingerprint density at radius 3 is 2.49 bits per heavy atom. The van der Waals surface area contributed by atoms with Crippen LogP contribution in [0.15, 0.2) is 72.8 Å². The number of amides is 3. The van der Waals surface area contributed by atoms with Crippen molar-refractivity contribution in [3.63, 3.8) is 0 Å². The number of thiazole rings is 1. The molecule has 0 bridgehead atoms. The van der Waals surface area contributed by atoms with Gasteiger partial charge in [-0.05, 0) is 55.2 Å². The highest BCUT2D eigenvalue weighted by molar-refractivity contribution is 7.18. The van der Waals surface area contributed by atoms with Crippen LogP contribution in [0.5, 0.6) is 5.06 Å². The van der Waals surface area contributed by atoms with E-state index in [1.165, 1.54) is 11.3 Å². The molecule has 1 heterocycles. The molecule has 41 heavy (non-hydrogen) atoms. The van der Waals surface area contributed by atoms with Gasteiger partial charge in [-0.3, -0.25) is 9.59 Å². The highest BCUT2D eigenvalue weighted by Crippen LogP contribution is 2.40. The van der Waals surface area contributed by atoms with E-state index < -0.39 is 6.09 Å². The average Bonchev–Trinajstić information content (AvgIpc) is 3.72. The van der Waals surface area contributed by atoms with Gasteiger partial charge in [0.25, 0.3) is 5.91 Å². The topological polar surface area (TPSA) is 147 Å². The Hall–Kier alpha value is -4.74. The van der Waals surface area contributed by atoms with Crippen LogP contribution in [0.2, 0.25) is 0 Å². The number of hydrogen-bond donors (Lipinski definition) is 5. The summed E-state index contributed by atoms with van der Waals surface area (Å²) in [4.78, 5) is 41.7. The molecule has 6 N–H and O–H groups in total. The summed E-state index contributed by atoms with van der Waals surface area (Å²) in [5.74, 6) is -0.420. The zero-order valence-corrected chi connectivity index (χ0v) is 23.2. The van der Waals surface area contributed by atoms with Gasteiger partial charge in [-0.25, -0.2) is 9.78 Å². The molecule has 1 aromatic heterocycles. The van der Waals surface area contributed by atoms with E-state index in [0.717, 1.165) is 24.0 Å². The third-order valence-electron chi connectivity index (χ3n) is 6.34. The Kier molecular flexibility index (Phi) is 8.56. The smallest absolute Gasteiger partial charge is 0.397 e. The molecule has 11 heteroatoms. The summed E-state index contributed by atoms with van der Waals surface area (Å²) >= 11 is 1.17. The average molecular weight is 571 g/mol. The van der Waals surface area contributed by atoms with Crippen LogP contribution < -0.4 is 31.7 Å². The van der Waals surface area contributed by atoms with E-state index in [1.54, 1.807) is 36.4 Å². The SMILES string of the molecule is Cc1ccc(C(=O)NC2CC2)cc1Nc1nc(-c2ccc(NC(=O)CN)cc2)c(OC(=O)NCc2ccccc2)s1. The largest absolute Gasteiger partial charge is 0.413 e. The minimum Gasteiger partial charge on any atom is -0.397 e. The van der Waals surface area contributed by atoms with E-state index in [1.807, 2.05) is 43.3 Å². The van der Waals surface area contributed by atoms with Crippen molar-refractivity contribution in [2.45, 2.75) is 32.4 Å². The standard InChI is InChI=1S/C30H30N6O4S/c1-18-7-8-21(27(38)34-23-13-14-23)15-24(18)35-29-36-26(20-9-11-22(12-10-20)33-25(37)16-31)28(41-29)40-30(39)32-17-19-5-3-2-4-6-19/h2-12,15,23H,13-14,16-17,31H2,1H3,(H,32,39)(H,33,37)(H,34,38)(H,35,36). The number of hydrogen-bond acceptors (Lipinski definition) is 8. The second kappa shape index (κ2) is 12.6. The molecule has 0 aliphatic heterocycles. The first-order valence-corrected chi connectivity index (χ1v) is 14.0. The number of aromatic nitrogens is 1. The molecule has 4 aromatic rings. The van der Waals surface area contributed by atoms with Crippen LogP contribution in [0.25, 0.3) is 11.3 Å². The van der Waals surface area contributed by atoms with Gasteiger partial charge in [0.05, 0.1) is 6.54 Å². The van der Waals surface area contributed by atoms with E-state index in [9.17, 15) is 14.4 Å². The Morgan fingerprint density at radius 1 is 1.02 bits per heavy atom. The molecule has 0 spiro atoms. The molecule has 1 aliphatic carbocycles. The van der Waals surface area contributed by atoms with Crippen LogP contribution in [-0.4, -0.2) is 35.5 Å². The Bertz CT molecular complexity index is 1550. The lowest BCUT2D eigenvalue weighted by Gasteiger charge is -2.10. The van der Waals surface area contributed by atoms with Crippen LogP contribution in [0.3, 0.4) is 0 Å². The lowest BCUT2D eigenvalue weighted by atomic mass is 10.1. The predicted molar refractivity (Wildman–Crippen MR) is 159 cm³/mol. The summed E-state index contributed by atoms with van der Waals surface area (Å²) in [6.45, 7) is 2.12. The van der Waals surface area contributed by atoms with Crippen LogP contribution >= 0.6 is 11.3 Å². The first-order chi connectivity index (χ1) is 19.9. The molecule has 0 saturated heterocycles. The molecular formula is C30H30N6O4S. The number of nitrogens with one attached hydrogen (secondary N) is 4. The van der Waals surface area contributed by atoms with Gasteiger partial charge < -0.3 is 31.7 Å². The van der Waals surface area contributed by atoms with Gasteiger partial charge in [-0.2, -0.15) is 0 Å². The molecule has 0 atom stereocenters. The first kappa shape index (κ1) is 27.8. The van der Waals surface area contributed by atoms with Crippen molar-refractivity contribution in [2.24, 2.45) is 5.73 Å².